The first-order valence-electron chi connectivity index (χ1n) is 6.71. The van der Waals surface area contributed by atoms with Gasteiger partial charge in [-0.25, -0.2) is 4.79 Å². The molecular weight excluding hydrogens is 224 g/mol. The number of benzene rings is 1. The van der Waals surface area contributed by atoms with Gasteiger partial charge in [-0.1, -0.05) is 19.9 Å². The van der Waals surface area contributed by atoms with Crippen LogP contribution in [0.3, 0.4) is 0 Å². The van der Waals surface area contributed by atoms with E-state index in [2.05, 4.69) is 25.2 Å². The van der Waals surface area contributed by atoms with Gasteiger partial charge in [0, 0.05) is 18.8 Å². The Balaban J connectivity index is 2.72. The Labute approximate surface area is 110 Å². The lowest BCUT2D eigenvalue weighted by Gasteiger charge is -2.22. The maximum Gasteiger partial charge on any atom is 0.321 e. The van der Waals surface area contributed by atoms with Crippen LogP contribution in [0.1, 0.15) is 37.8 Å². The van der Waals surface area contributed by atoms with Crippen LogP contribution in [-0.2, 0) is 0 Å². The summed E-state index contributed by atoms with van der Waals surface area (Å²) in [5, 5.41) is 2.98. The first-order chi connectivity index (χ1) is 8.56. The van der Waals surface area contributed by atoms with Crippen LogP contribution in [0.25, 0.3) is 0 Å². The van der Waals surface area contributed by atoms with Crippen LogP contribution in [0.5, 0.6) is 0 Å². The average molecular weight is 248 g/mol. The number of hydrogen-bond acceptors (Lipinski definition) is 1. The van der Waals surface area contributed by atoms with E-state index in [1.54, 1.807) is 0 Å². The molecule has 0 fully saturated rings. The number of urea groups is 1. The second-order valence-corrected chi connectivity index (χ2v) is 4.79. The van der Waals surface area contributed by atoms with Gasteiger partial charge < -0.3 is 10.2 Å². The van der Waals surface area contributed by atoms with Crippen LogP contribution in [0, 0.1) is 13.8 Å². The monoisotopic (exact) mass is 248 g/mol. The lowest BCUT2D eigenvalue weighted by molar-refractivity contribution is 0.211. The number of carbonyl (C=O) groups is 1. The summed E-state index contributed by atoms with van der Waals surface area (Å²) < 4.78 is 0. The second-order valence-electron chi connectivity index (χ2n) is 4.79. The highest BCUT2D eigenvalue weighted by Crippen LogP contribution is 2.14. The van der Waals surface area contributed by atoms with E-state index in [0.717, 1.165) is 31.6 Å². The van der Waals surface area contributed by atoms with Gasteiger partial charge in [-0.2, -0.15) is 0 Å². The summed E-state index contributed by atoms with van der Waals surface area (Å²) in [5.74, 6) is 0. The predicted molar refractivity (Wildman–Crippen MR) is 77.1 cm³/mol. The van der Waals surface area contributed by atoms with E-state index in [-0.39, 0.29) is 6.03 Å². The van der Waals surface area contributed by atoms with Crippen LogP contribution < -0.4 is 5.32 Å². The SMILES string of the molecule is CCCN(CCC)C(=O)Nc1cc(C)cc(C)c1. The Morgan fingerprint density at radius 2 is 1.56 bits per heavy atom. The largest absolute Gasteiger partial charge is 0.325 e. The number of nitrogens with zero attached hydrogens (tertiary/aromatic N) is 1. The van der Waals surface area contributed by atoms with Crippen molar-refractivity contribution in [3.05, 3.63) is 29.3 Å². The van der Waals surface area contributed by atoms with Gasteiger partial charge in [-0.15, -0.1) is 0 Å². The molecule has 0 saturated carbocycles. The number of aryl methyl sites for hydroxylation is 2. The minimum absolute atomic E-state index is 0.00343. The van der Waals surface area contributed by atoms with E-state index in [0.29, 0.717) is 0 Å². The fourth-order valence-corrected chi connectivity index (χ4v) is 2.10. The molecule has 1 N–H and O–H groups in total. The maximum absolute atomic E-state index is 12.1. The molecule has 100 valence electrons. The smallest absolute Gasteiger partial charge is 0.321 e. The number of nitrogens with one attached hydrogen (secondary N) is 1. The molecular formula is C15H24N2O. The molecule has 0 aliphatic carbocycles. The van der Waals surface area contributed by atoms with Crippen LogP contribution in [0.15, 0.2) is 18.2 Å². The fourth-order valence-electron chi connectivity index (χ4n) is 2.10. The minimum Gasteiger partial charge on any atom is -0.325 e. The number of amides is 2. The van der Waals surface area contributed by atoms with Crippen molar-refractivity contribution in [3.8, 4) is 0 Å². The zero-order valence-corrected chi connectivity index (χ0v) is 11.9. The van der Waals surface area contributed by atoms with Crippen molar-refractivity contribution in [3.63, 3.8) is 0 Å². The van der Waals surface area contributed by atoms with Crippen molar-refractivity contribution in [2.75, 3.05) is 18.4 Å². The van der Waals surface area contributed by atoms with Crippen molar-refractivity contribution in [1.29, 1.82) is 0 Å². The van der Waals surface area contributed by atoms with Crippen molar-refractivity contribution in [2.45, 2.75) is 40.5 Å². The predicted octanol–water partition coefficient (Wildman–Crippen LogP) is 3.96. The van der Waals surface area contributed by atoms with E-state index in [9.17, 15) is 4.79 Å². The van der Waals surface area contributed by atoms with E-state index in [1.165, 1.54) is 11.1 Å². The normalized spacial score (nSPS) is 10.2. The molecule has 0 atom stereocenters. The van der Waals surface area contributed by atoms with Crippen LogP contribution in [0.2, 0.25) is 0 Å². The summed E-state index contributed by atoms with van der Waals surface area (Å²) in [6.45, 7) is 9.88. The molecule has 18 heavy (non-hydrogen) atoms. The third kappa shape index (κ3) is 4.40. The van der Waals surface area contributed by atoms with Crippen molar-refractivity contribution in [1.82, 2.24) is 4.90 Å². The van der Waals surface area contributed by atoms with Gasteiger partial charge in [0.1, 0.15) is 0 Å². The fraction of sp³-hybridized carbons (Fsp3) is 0.533. The first kappa shape index (κ1) is 14.6. The molecule has 1 rings (SSSR count). The zero-order valence-electron chi connectivity index (χ0n) is 11.9. The molecule has 3 nitrogen and oxygen atoms in total. The van der Waals surface area contributed by atoms with Crippen LogP contribution >= 0.6 is 0 Å². The van der Waals surface area contributed by atoms with E-state index >= 15 is 0 Å². The molecule has 1 aromatic rings. The topological polar surface area (TPSA) is 32.3 Å². The summed E-state index contributed by atoms with van der Waals surface area (Å²) >= 11 is 0. The third-order valence-electron chi connectivity index (χ3n) is 2.75. The maximum atomic E-state index is 12.1. The van der Waals surface area contributed by atoms with Gasteiger partial charge >= 0.3 is 6.03 Å². The molecule has 2 amide bonds. The van der Waals surface area contributed by atoms with Gasteiger partial charge in [-0.3, -0.25) is 0 Å². The molecule has 0 saturated heterocycles. The molecule has 1 aromatic carbocycles. The van der Waals surface area contributed by atoms with Crippen LogP contribution in [0.4, 0.5) is 10.5 Å². The number of anilines is 1. The molecule has 0 aliphatic rings. The van der Waals surface area contributed by atoms with E-state index in [1.807, 2.05) is 30.9 Å². The minimum atomic E-state index is 0.00343. The summed E-state index contributed by atoms with van der Waals surface area (Å²) in [7, 11) is 0. The number of hydrogen-bond donors (Lipinski definition) is 1. The first-order valence-corrected chi connectivity index (χ1v) is 6.71. The highest BCUT2D eigenvalue weighted by molar-refractivity contribution is 5.89. The molecule has 0 bridgehead atoms. The van der Waals surface area contributed by atoms with Crippen molar-refractivity contribution in [2.24, 2.45) is 0 Å². The standard InChI is InChI=1S/C15H24N2O/c1-5-7-17(8-6-2)15(18)16-14-10-12(3)9-13(4)11-14/h9-11H,5-8H2,1-4H3,(H,16,18). The zero-order chi connectivity index (χ0) is 13.5. The lowest BCUT2D eigenvalue weighted by Crippen LogP contribution is -2.36. The van der Waals surface area contributed by atoms with Gasteiger partial charge in [0.25, 0.3) is 0 Å². The summed E-state index contributed by atoms with van der Waals surface area (Å²) in [4.78, 5) is 14.0. The van der Waals surface area contributed by atoms with Crippen molar-refractivity contribution >= 4 is 11.7 Å². The van der Waals surface area contributed by atoms with Gasteiger partial charge in [0.15, 0.2) is 0 Å². The highest BCUT2D eigenvalue weighted by Gasteiger charge is 2.11. The Kier molecular flexibility index (Phi) is 5.69. The van der Waals surface area contributed by atoms with Gasteiger partial charge in [0.2, 0.25) is 0 Å². The number of carbonyl (C=O) groups excluding carboxylic acids is 1. The second kappa shape index (κ2) is 7.04. The summed E-state index contributed by atoms with van der Waals surface area (Å²) in [5.41, 5.74) is 3.22. The number of rotatable bonds is 5. The van der Waals surface area contributed by atoms with Crippen molar-refractivity contribution < 1.29 is 4.79 Å². The molecule has 0 spiro atoms. The van der Waals surface area contributed by atoms with Gasteiger partial charge in [0.05, 0.1) is 0 Å². The average Bonchev–Trinajstić information content (AvgIpc) is 2.27. The Morgan fingerprint density at radius 1 is 1.06 bits per heavy atom. The Hall–Kier alpha value is -1.51. The third-order valence-corrected chi connectivity index (χ3v) is 2.75. The molecule has 3 heteroatoms. The quantitative estimate of drug-likeness (QED) is 0.840. The molecule has 0 heterocycles. The van der Waals surface area contributed by atoms with Crippen LogP contribution in [-0.4, -0.2) is 24.0 Å². The van der Waals surface area contributed by atoms with Gasteiger partial charge in [-0.05, 0) is 49.9 Å². The summed E-state index contributed by atoms with van der Waals surface area (Å²) in [6, 6.07) is 6.11. The molecule has 0 radical (unpaired) electrons. The molecule has 0 aliphatic heterocycles. The molecule has 0 aromatic heterocycles. The lowest BCUT2D eigenvalue weighted by atomic mass is 10.1. The van der Waals surface area contributed by atoms with E-state index in [4.69, 9.17) is 0 Å². The highest BCUT2D eigenvalue weighted by atomic mass is 16.2. The van der Waals surface area contributed by atoms with E-state index < -0.39 is 0 Å². The summed E-state index contributed by atoms with van der Waals surface area (Å²) in [6.07, 6.45) is 1.97. The Morgan fingerprint density at radius 3 is 2.00 bits per heavy atom. The molecule has 0 unspecified atom stereocenters. The Bertz CT molecular complexity index is 375.